The molecule has 1 N–H and O–H groups in total. The molecule has 0 unspecified atom stereocenters. The maximum absolute atomic E-state index is 13.1. The van der Waals surface area contributed by atoms with E-state index in [1.807, 2.05) is 12.3 Å². The van der Waals surface area contributed by atoms with Crippen LogP contribution in [0.4, 0.5) is 4.39 Å². The van der Waals surface area contributed by atoms with Crippen molar-refractivity contribution in [3.05, 3.63) is 48.0 Å². The highest BCUT2D eigenvalue weighted by molar-refractivity contribution is 5.31. The molecule has 2 rings (SSSR count). The fraction of sp³-hybridized carbons (Fsp3) is 0.308. The highest BCUT2D eigenvalue weighted by Crippen LogP contribution is 2.10. The number of benzene rings is 1. The van der Waals surface area contributed by atoms with Crippen LogP contribution in [0.5, 0.6) is 0 Å². The molecule has 0 saturated heterocycles. The molecule has 0 amide bonds. The highest BCUT2D eigenvalue weighted by Gasteiger charge is 2.02. The zero-order valence-corrected chi connectivity index (χ0v) is 10.0. The number of nitrogens with zero attached hydrogens (tertiary/aromatic N) is 2. The van der Waals surface area contributed by atoms with E-state index in [2.05, 4.69) is 24.3 Å². The molecule has 0 fully saturated rings. The molecule has 0 atom stereocenters. The topological polar surface area (TPSA) is 29.9 Å². The van der Waals surface area contributed by atoms with Crippen LogP contribution in [0.3, 0.4) is 0 Å². The van der Waals surface area contributed by atoms with Crippen molar-refractivity contribution in [1.29, 1.82) is 0 Å². The molecular formula is C13H16FN3. The molecule has 0 aliphatic carbocycles. The lowest BCUT2D eigenvalue weighted by Gasteiger charge is -2.05. The minimum atomic E-state index is -0.250. The van der Waals surface area contributed by atoms with Gasteiger partial charge < -0.3 is 5.32 Å². The molecule has 0 aliphatic rings. The number of nitrogens with one attached hydrogen (secondary N) is 1. The SMILES string of the molecule is CC(C)NCc1cnn(-c2cccc(F)c2)c1. The summed E-state index contributed by atoms with van der Waals surface area (Å²) in [6, 6.07) is 6.84. The summed E-state index contributed by atoms with van der Waals surface area (Å²) in [5.74, 6) is -0.250. The van der Waals surface area contributed by atoms with Gasteiger partial charge in [0.15, 0.2) is 0 Å². The molecule has 90 valence electrons. The van der Waals surface area contributed by atoms with Gasteiger partial charge in [0.1, 0.15) is 5.82 Å². The Morgan fingerprint density at radius 1 is 1.41 bits per heavy atom. The number of hydrogen-bond donors (Lipinski definition) is 1. The number of aromatic nitrogens is 2. The van der Waals surface area contributed by atoms with E-state index in [0.29, 0.717) is 6.04 Å². The smallest absolute Gasteiger partial charge is 0.125 e. The summed E-state index contributed by atoms with van der Waals surface area (Å²) in [4.78, 5) is 0. The first-order valence-electron chi connectivity index (χ1n) is 5.68. The maximum Gasteiger partial charge on any atom is 0.125 e. The normalized spacial score (nSPS) is 11.1. The van der Waals surface area contributed by atoms with Gasteiger partial charge in [0.2, 0.25) is 0 Å². The molecule has 0 aliphatic heterocycles. The van der Waals surface area contributed by atoms with Crippen LogP contribution in [-0.2, 0) is 6.54 Å². The van der Waals surface area contributed by atoms with Crippen molar-refractivity contribution in [3.8, 4) is 5.69 Å². The lowest BCUT2D eigenvalue weighted by Crippen LogP contribution is -2.21. The Kier molecular flexibility index (Phi) is 3.54. The molecule has 3 nitrogen and oxygen atoms in total. The molecule has 1 aromatic heterocycles. The quantitative estimate of drug-likeness (QED) is 0.879. The molecule has 0 radical (unpaired) electrons. The summed E-state index contributed by atoms with van der Waals surface area (Å²) in [7, 11) is 0. The lowest BCUT2D eigenvalue weighted by molar-refractivity contribution is 0.589. The van der Waals surface area contributed by atoms with Crippen molar-refractivity contribution >= 4 is 0 Å². The van der Waals surface area contributed by atoms with Crippen molar-refractivity contribution in [2.75, 3.05) is 0 Å². The van der Waals surface area contributed by atoms with E-state index in [0.717, 1.165) is 17.8 Å². The zero-order valence-electron chi connectivity index (χ0n) is 10.0. The predicted molar refractivity (Wildman–Crippen MR) is 65.5 cm³/mol. The van der Waals surface area contributed by atoms with E-state index in [9.17, 15) is 4.39 Å². The lowest BCUT2D eigenvalue weighted by atomic mass is 10.3. The Morgan fingerprint density at radius 2 is 2.24 bits per heavy atom. The Hall–Kier alpha value is -1.68. The van der Waals surface area contributed by atoms with E-state index in [1.165, 1.54) is 12.1 Å². The van der Waals surface area contributed by atoms with Crippen molar-refractivity contribution < 1.29 is 4.39 Å². The minimum absolute atomic E-state index is 0.250. The fourth-order valence-corrected chi connectivity index (χ4v) is 1.53. The third-order valence-corrected chi connectivity index (χ3v) is 2.42. The van der Waals surface area contributed by atoms with E-state index in [-0.39, 0.29) is 5.82 Å². The van der Waals surface area contributed by atoms with Gasteiger partial charge in [-0.3, -0.25) is 0 Å². The number of hydrogen-bond acceptors (Lipinski definition) is 2. The van der Waals surface area contributed by atoms with Crippen LogP contribution < -0.4 is 5.32 Å². The van der Waals surface area contributed by atoms with E-state index < -0.39 is 0 Å². The summed E-state index contributed by atoms with van der Waals surface area (Å²) in [6.45, 7) is 4.96. The van der Waals surface area contributed by atoms with Crippen LogP contribution in [0.25, 0.3) is 5.69 Å². The molecule has 1 aromatic carbocycles. The Morgan fingerprint density at radius 3 is 2.94 bits per heavy atom. The third-order valence-electron chi connectivity index (χ3n) is 2.42. The third kappa shape index (κ3) is 3.14. The summed E-state index contributed by atoms with van der Waals surface area (Å²) in [6.07, 6.45) is 3.70. The fourth-order valence-electron chi connectivity index (χ4n) is 1.53. The minimum Gasteiger partial charge on any atom is -0.310 e. The summed E-state index contributed by atoms with van der Waals surface area (Å²) >= 11 is 0. The Labute approximate surface area is 100 Å². The standard InChI is InChI=1S/C13H16FN3/c1-10(2)15-7-11-8-16-17(9-11)13-5-3-4-12(14)6-13/h3-6,8-10,15H,7H2,1-2H3. The van der Waals surface area contributed by atoms with Gasteiger partial charge in [-0.1, -0.05) is 19.9 Å². The predicted octanol–water partition coefficient (Wildman–Crippen LogP) is 2.51. The van der Waals surface area contributed by atoms with Crippen LogP contribution in [0, 0.1) is 5.82 Å². The number of halogens is 1. The van der Waals surface area contributed by atoms with Crippen molar-refractivity contribution in [1.82, 2.24) is 15.1 Å². The van der Waals surface area contributed by atoms with Gasteiger partial charge in [-0.2, -0.15) is 5.10 Å². The van der Waals surface area contributed by atoms with Gasteiger partial charge in [0.25, 0.3) is 0 Å². The molecule has 2 aromatic rings. The summed E-state index contributed by atoms with van der Waals surface area (Å²) < 4.78 is 14.7. The second kappa shape index (κ2) is 5.10. The van der Waals surface area contributed by atoms with E-state index in [1.54, 1.807) is 16.9 Å². The van der Waals surface area contributed by atoms with Gasteiger partial charge in [0, 0.05) is 24.3 Å². The van der Waals surface area contributed by atoms with Crippen LogP contribution in [0.15, 0.2) is 36.7 Å². The molecule has 4 heteroatoms. The second-order valence-electron chi connectivity index (χ2n) is 4.31. The first-order chi connectivity index (χ1) is 8.15. The van der Waals surface area contributed by atoms with Crippen molar-refractivity contribution in [3.63, 3.8) is 0 Å². The van der Waals surface area contributed by atoms with Gasteiger partial charge in [-0.05, 0) is 18.2 Å². The van der Waals surface area contributed by atoms with Gasteiger partial charge >= 0.3 is 0 Å². The van der Waals surface area contributed by atoms with Gasteiger partial charge in [-0.25, -0.2) is 9.07 Å². The monoisotopic (exact) mass is 233 g/mol. The Bertz CT molecular complexity index is 491. The highest BCUT2D eigenvalue weighted by atomic mass is 19.1. The average Bonchev–Trinajstić information content (AvgIpc) is 2.75. The van der Waals surface area contributed by atoms with Gasteiger partial charge in [0.05, 0.1) is 11.9 Å². The largest absolute Gasteiger partial charge is 0.310 e. The first kappa shape index (κ1) is 11.8. The summed E-state index contributed by atoms with van der Waals surface area (Å²) in [5, 5.41) is 7.53. The van der Waals surface area contributed by atoms with Gasteiger partial charge in [-0.15, -0.1) is 0 Å². The molecule has 1 heterocycles. The second-order valence-corrected chi connectivity index (χ2v) is 4.31. The van der Waals surface area contributed by atoms with Crippen molar-refractivity contribution in [2.45, 2.75) is 26.4 Å². The zero-order chi connectivity index (χ0) is 12.3. The molecule has 0 spiro atoms. The van der Waals surface area contributed by atoms with E-state index >= 15 is 0 Å². The molecule has 17 heavy (non-hydrogen) atoms. The maximum atomic E-state index is 13.1. The summed E-state index contributed by atoms with van der Waals surface area (Å²) in [5.41, 5.74) is 1.82. The average molecular weight is 233 g/mol. The number of rotatable bonds is 4. The molecule has 0 bridgehead atoms. The van der Waals surface area contributed by atoms with Crippen LogP contribution in [0.2, 0.25) is 0 Å². The molecular weight excluding hydrogens is 217 g/mol. The van der Waals surface area contributed by atoms with Crippen molar-refractivity contribution in [2.24, 2.45) is 0 Å². The van der Waals surface area contributed by atoms with E-state index in [4.69, 9.17) is 0 Å². The molecule has 0 saturated carbocycles. The Balaban J connectivity index is 2.12. The van der Waals surface area contributed by atoms with Crippen LogP contribution in [0.1, 0.15) is 19.4 Å². The first-order valence-corrected chi connectivity index (χ1v) is 5.68. The van der Waals surface area contributed by atoms with Crippen LogP contribution in [-0.4, -0.2) is 15.8 Å². The van der Waals surface area contributed by atoms with Crippen LogP contribution >= 0.6 is 0 Å².